The summed E-state index contributed by atoms with van der Waals surface area (Å²) in [5.74, 6) is 1.79. The third-order valence-corrected chi connectivity index (χ3v) is 4.16. The molecule has 1 aliphatic rings. The molecule has 0 aromatic heterocycles. The predicted octanol–water partition coefficient (Wildman–Crippen LogP) is 1.34. The van der Waals surface area contributed by atoms with E-state index in [-0.39, 0.29) is 10.7 Å². The fraction of sp³-hybridized carbons (Fsp3) is 0.846. The fourth-order valence-corrected chi connectivity index (χ4v) is 3.09. The first-order chi connectivity index (χ1) is 8.98. The molecule has 0 amide bonds. The minimum absolute atomic E-state index is 0.214. The molecule has 0 spiro atoms. The number of guanidine groups is 1. The first kappa shape index (κ1) is 16.1. The van der Waals surface area contributed by atoms with E-state index in [2.05, 4.69) is 40.7 Å². The van der Waals surface area contributed by atoms with Gasteiger partial charge in [0.15, 0.2) is 5.96 Å². The first-order valence-electron chi connectivity index (χ1n) is 6.72. The normalized spacial score (nSPS) is 19.2. The Morgan fingerprint density at radius 1 is 1.53 bits per heavy atom. The maximum atomic E-state index is 11.1. The molecule has 0 unspecified atom stereocenters. The van der Waals surface area contributed by atoms with Gasteiger partial charge in [0.2, 0.25) is 0 Å². The minimum atomic E-state index is -0.214. The van der Waals surface area contributed by atoms with Crippen LogP contribution in [0.5, 0.6) is 0 Å². The number of ether oxygens (including phenoxy) is 1. The van der Waals surface area contributed by atoms with E-state index in [9.17, 15) is 4.79 Å². The number of carbonyl (C=O) groups is 1. The topological polar surface area (TPSA) is 53.9 Å². The van der Waals surface area contributed by atoms with Gasteiger partial charge in [-0.1, -0.05) is 0 Å². The van der Waals surface area contributed by atoms with E-state index in [0.717, 1.165) is 31.3 Å². The summed E-state index contributed by atoms with van der Waals surface area (Å²) in [6.45, 7) is 9.84. The number of thioether (sulfide) groups is 1. The lowest BCUT2D eigenvalue weighted by Gasteiger charge is -2.39. The van der Waals surface area contributed by atoms with Crippen molar-refractivity contribution >= 4 is 23.7 Å². The first-order valence-corrected chi connectivity index (χ1v) is 7.71. The smallest absolute Gasteiger partial charge is 0.307 e. The van der Waals surface area contributed by atoms with E-state index in [1.54, 1.807) is 0 Å². The molecule has 0 bridgehead atoms. The molecule has 1 fully saturated rings. The standard InChI is InChI=1S/C13H25N3O2S/c1-5-14-12(15-7-6-11(17)18-4)16-8-9-19-13(2,3)10-16/h5-10H2,1-4H3,(H,14,15). The van der Waals surface area contributed by atoms with Gasteiger partial charge < -0.3 is 15.0 Å². The van der Waals surface area contributed by atoms with Gasteiger partial charge >= 0.3 is 5.97 Å². The van der Waals surface area contributed by atoms with Gasteiger partial charge in [-0.15, -0.1) is 0 Å². The lowest BCUT2D eigenvalue weighted by atomic mass is 10.2. The van der Waals surface area contributed by atoms with E-state index >= 15 is 0 Å². The molecule has 0 saturated carbocycles. The summed E-state index contributed by atoms with van der Waals surface area (Å²) in [5.41, 5.74) is 0. The molecule has 110 valence electrons. The SMILES string of the molecule is CCNC(=NCCC(=O)OC)N1CCSC(C)(C)C1. The molecule has 0 aromatic carbocycles. The third-order valence-electron chi connectivity index (χ3n) is 2.87. The van der Waals surface area contributed by atoms with E-state index in [1.165, 1.54) is 7.11 Å². The highest BCUT2D eigenvalue weighted by Crippen LogP contribution is 2.29. The van der Waals surface area contributed by atoms with Gasteiger partial charge in [-0.05, 0) is 20.8 Å². The van der Waals surface area contributed by atoms with Crippen LogP contribution in [0.3, 0.4) is 0 Å². The van der Waals surface area contributed by atoms with Crippen molar-refractivity contribution < 1.29 is 9.53 Å². The zero-order chi connectivity index (χ0) is 14.3. The maximum absolute atomic E-state index is 11.1. The molecule has 0 aliphatic carbocycles. The van der Waals surface area contributed by atoms with Crippen LogP contribution in [-0.4, -0.2) is 60.6 Å². The Morgan fingerprint density at radius 2 is 2.26 bits per heavy atom. The zero-order valence-electron chi connectivity index (χ0n) is 12.4. The second-order valence-electron chi connectivity index (χ2n) is 5.09. The number of nitrogens with zero attached hydrogens (tertiary/aromatic N) is 2. The van der Waals surface area contributed by atoms with Gasteiger partial charge in [0.1, 0.15) is 0 Å². The second kappa shape index (κ2) is 7.62. The molecule has 1 heterocycles. The molecule has 1 rings (SSSR count). The Balaban J connectivity index is 2.60. The lowest BCUT2D eigenvalue weighted by Crippen LogP contribution is -2.51. The molecule has 0 atom stereocenters. The van der Waals surface area contributed by atoms with Crippen molar-refractivity contribution in [2.45, 2.75) is 31.9 Å². The molecular formula is C13H25N3O2S. The van der Waals surface area contributed by atoms with Crippen LogP contribution >= 0.6 is 11.8 Å². The largest absolute Gasteiger partial charge is 0.469 e. The summed E-state index contributed by atoms with van der Waals surface area (Å²) < 4.78 is 4.87. The summed E-state index contributed by atoms with van der Waals surface area (Å²) in [4.78, 5) is 17.9. The van der Waals surface area contributed by atoms with Crippen LogP contribution < -0.4 is 5.32 Å². The minimum Gasteiger partial charge on any atom is -0.469 e. The molecule has 1 saturated heterocycles. The van der Waals surface area contributed by atoms with Crippen LogP contribution in [0.1, 0.15) is 27.2 Å². The molecule has 0 aromatic rings. The maximum Gasteiger partial charge on any atom is 0.307 e. The molecular weight excluding hydrogens is 262 g/mol. The Morgan fingerprint density at radius 3 is 2.84 bits per heavy atom. The lowest BCUT2D eigenvalue weighted by molar-refractivity contribution is -0.140. The summed E-state index contributed by atoms with van der Waals surface area (Å²) in [5, 5.41) is 3.30. The molecule has 0 radical (unpaired) electrons. The number of aliphatic imine (C=N–C) groups is 1. The quantitative estimate of drug-likeness (QED) is 0.480. The van der Waals surface area contributed by atoms with Crippen molar-refractivity contribution in [3.05, 3.63) is 0 Å². The number of hydrogen-bond donors (Lipinski definition) is 1. The summed E-state index contributed by atoms with van der Waals surface area (Å²) in [7, 11) is 1.40. The molecule has 6 heteroatoms. The van der Waals surface area contributed by atoms with Gasteiger partial charge in [0.25, 0.3) is 0 Å². The Bertz CT molecular complexity index is 332. The average molecular weight is 287 g/mol. The number of hydrogen-bond acceptors (Lipinski definition) is 4. The van der Waals surface area contributed by atoms with Crippen molar-refractivity contribution in [2.75, 3.05) is 39.0 Å². The van der Waals surface area contributed by atoms with Gasteiger partial charge in [-0.2, -0.15) is 11.8 Å². The van der Waals surface area contributed by atoms with Crippen molar-refractivity contribution in [1.29, 1.82) is 0 Å². The number of methoxy groups -OCH3 is 1. The van der Waals surface area contributed by atoms with Crippen molar-refractivity contribution in [2.24, 2.45) is 4.99 Å². The van der Waals surface area contributed by atoms with E-state index in [4.69, 9.17) is 0 Å². The summed E-state index contributed by atoms with van der Waals surface area (Å²) in [6, 6.07) is 0. The Labute approximate surface area is 120 Å². The van der Waals surface area contributed by atoms with Crippen LogP contribution in [0.2, 0.25) is 0 Å². The van der Waals surface area contributed by atoms with Gasteiger partial charge in [0, 0.05) is 30.1 Å². The van der Waals surface area contributed by atoms with Gasteiger partial charge in [-0.25, -0.2) is 0 Å². The van der Waals surface area contributed by atoms with Crippen LogP contribution in [0.25, 0.3) is 0 Å². The monoisotopic (exact) mass is 287 g/mol. The van der Waals surface area contributed by atoms with Crippen molar-refractivity contribution in [1.82, 2.24) is 10.2 Å². The Hall–Kier alpha value is -0.910. The van der Waals surface area contributed by atoms with Gasteiger partial charge in [0.05, 0.1) is 20.1 Å². The van der Waals surface area contributed by atoms with Crippen molar-refractivity contribution in [3.63, 3.8) is 0 Å². The second-order valence-corrected chi connectivity index (χ2v) is 6.89. The van der Waals surface area contributed by atoms with Crippen molar-refractivity contribution in [3.8, 4) is 0 Å². The van der Waals surface area contributed by atoms with Crippen LogP contribution in [0, 0.1) is 0 Å². The molecule has 5 nitrogen and oxygen atoms in total. The highest BCUT2D eigenvalue weighted by Gasteiger charge is 2.28. The highest BCUT2D eigenvalue weighted by atomic mass is 32.2. The number of nitrogens with one attached hydrogen (secondary N) is 1. The van der Waals surface area contributed by atoms with Crippen LogP contribution in [-0.2, 0) is 9.53 Å². The van der Waals surface area contributed by atoms with Gasteiger partial charge in [-0.3, -0.25) is 9.79 Å². The number of esters is 1. The summed E-state index contributed by atoms with van der Waals surface area (Å²) >= 11 is 1.99. The Kier molecular flexibility index (Phi) is 6.48. The molecule has 1 aliphatic heterocycles. The highest BCUT2D eigenvalue weighted by molar-refractivity contribution is 8.00. The number of carbonyl (C=O) groups excluding carboxylic acids is 1. The molecule has 19 heavy (non-hydrogen) atoms. The van der Waals surface area contributed by atoms with E-state index < -0.39 is 0 Å². The average Bonchev–Trinajstić information content (AvgIpc) is 2.36. The van der Waals surface area contributed by atoms with E-state index in [1.807, 2.05) is 11.8 Å². The summed E-state index contributed by atoms with van der Waals surface area (Å²) in [6.07, 6.45) is 0.331. The van der Waals surface area contributed by atoms with Crippen LogP contribution in [0.15, 0.2) is 4.99 Å². The number of rotatable bonds is 4. The van der Waals surface area contributed by atoms with Crippen LogP contribution in [0.4, 0.5) is 0 Å². The fourth-order valence-electron chi connectivity index (χ4n) is 1.98. The predicted molar refractivity (Wildman–Crippen MR) is 80.7 cm³/mol. The molecule has 1 N–H and O–H groups in total. The zero-order valence-corrected chi connectivity index (χ0v) is 13.2. The van der Waals surface area contributed by atoms with E-state index in [0.29, 0.717) is 13.0 Å². The third kappa shape index (κ3) is 5.72.